The molecule has 27 heavy (non-hydrogen) atoms. The maximum Gasteiger partial charge on any atom is 0.257 e. The molecule has 2 heterocycles. The molecule has 2 aromatic rings. The second kappa shape index (κ2) is 7.99. The van der Waals surface area contributed by atoms with Crippen molar-refractivity contribution in [3.05, 3.63) is 58.9 Å². The second-order valence-electron chi connectivity index (χ2n) is 6.60. The minimum atomic E-state index is -0.309. The van der Waals surface area contributed by atoms with E-state index in [1.54, 1.807) is 15.9 Å². The zero-order valence-electron chi connectivity index (χ0n) is 15.4. The van der Waals surface area contributed by atoms with Crippen LogP contribution in [0.25, 0.3) is 0 Å². The number of anilines is 1. The van der Waals surface area contributed by atoms with Crippen LogP contribution in [-0.2, 0) is 4.79 Å². The highest BCUT2D eigenvalue weighted by Gasteiger charge is 2.22. The molecule has 1 aliphatic heterocycles. The van der Waals surface area contributed by atoms with Crippen LogP contribution in [0.1, 0.15) is 31.8 Å². The minimum absolute atomic E-state index is 0.186. The van der Waals surface area contributed by atoms with Crippen molar-refractivity contribution in [2.75, 3.05) is 31.5 Å². The van der Waals surface area contributed by atoms with Crippen LogP contribution in [0.15, 0.2) is 36.7 Å². The molecular weight excluding hydrogens is 344 g/mol. The Morgan fingerprint density at radius 3 is 2.48 bits per heavy atom. The van der Waals surface area contributed by atoms with Crippen molar-refractivity contribution < 1.29 is 14.4 Å². The normalized spacial score (nSPS) is 14.0. The highest BCUT2D eigenvalue weighted by Crippen LogP contribution is 2.19. The molecule has 0 atom stereocenters. The van der Waals surface area contributed by atoms with Gasteiger partial charge in [0.1, 0.15) is 0 Å². The van der Waals surface area contributed by atoms with Gasteiger partial charge in [-0.15, -0.1) is 0 Å². The van der Waals surface area contributed by atoms with Gasteiger partial charge in [0.15, 0.2) is 0 Å². The van der Waals surface area contributed by atoms with Crippen molar-refractivity contribution in [1.82, 2.24) is 14.8 Å². The number of amides is 3. The molecule has 1 aliphatic rings. The second-order valence-corrected chi connectivity index (χ2v) is 6.60. The first-order valence-corrected chi connectivity index (χ1v) is 8.81. The Morgan fingerprint density at radius 1 is 1.07 bits per heavy atom. The fourth-order valence-electron chi connectivity index (χ4n) is 2.98. The third kappa shape index (κ3) is 4.13. The number of nitrogens with zero attached hydrogens (tertiary/aromatic N) is 3. The van der Waals surface area contributed by atoms with Gasteiger partial charge < -0.3 is 15.1 Å². The van der Waals surface area contributed by atoms with Gasteiger partial charge in [-0.3, -0.25) is 19.4 Å². The van der Waals surface area contributed by atoms with Crippen LogP contribution >= 0.6 is 0 Å². The fraction of sp³-hybridized carbons (Fsp3) is 0.300. The van der Waals surface area contributed by atoms with Crippen LogP contribution in [0, 0.1) is 13.8 Å². The summed E-state index contributed by atoms with van der Waals surface area (Å²) in [4.78, 5) is 43.4. The molecule has 7 heteroatoms. The number of aromatic nitrogens is 1. The molecule has 0 aliphatic carbocycles. The number of aryl methyl sites for hydroxylation is 1. The van der Waals surface area contributed by atoms with E-state index in [0.717, 1.165) is 23.2 Å². The maximum absolute atomic E-state index is 12.7. The molecule has 1 fully saturated rings. The average molecular weight is 366 g/mol. The largest absolute Gasteiger partial charge is 0.342 e. The number of rotatable bonds is 4. The van der Waals surface area contributed by atoms with E-state index in [-0.39, 0.29) is 11.8 Å². The fourth-order valence-corrected chi connectivity index (χ4v) is 2.98. The lowest BCUT2D eigenvalue weighted by molar-refractivity contribution is -0.119. The molecular formula is C20H22N4O3. The molecule has 0 unspecified atom stereocenters. The summed E-state index contributed by atoms with van der Waals surface area (Å²) in [6.45, 7) is 5.89. The smallest absolute Gasteiger partial charge is 0.257 e. The Hall–Kier alpha value is -3.22. The summed E-state index contributed by atoms with van der Waals surface area (Å²) in [6, 6.07) is 7.27. The molecule has 0 spiro atoms. The van der Waals surface area contributed by atoms with Crippen molar-refractivity contribution in [2.24, 2.45) is 0 Å². The number of pyridine rings is 1. The van der Waals surface area contributed by atoms with Gasteiger partial charge in [0.05, 0.1) is 11.1 Å². The minimum Gasteiger partial charge on any atom is -0.342 e. The van der Waals surface area contributed by atoms with E-state index in [1.807, 2.05) is 32.0 Å². The van der Waals surface area contributed by atoms with Gasteiger partial charge in [0, 0.05) is 44.3 Å². The molecule has 1 aromatic heterocycles. The first-order valence-electron chi connectivity index (χ1n) is 8.81. The number of piperazine rings is 1. The van der Waals surface area contributed by atoms with E-state index in [4.69, 9.17) is 0 Å². The van der Waals surface area contributed by atoms with Crippen molar-refractivity contribution >= 4 is 23.9 Å². The Kier molecular flexibility index (Phi) is 5.49. The van der Waals surface area contributed by atoms with Gasteiger partial charge in [0.25, 0.3) is 11.8 Å². The number of carbonyl (C=O) groups is 3. The SMILES string of the molecule is Cc1cccc(NC(=O)c2cncc(C(=O)N3CCN(C=O)CC3)c2)c1C. The van der Waals surface area contributed by atoms with Crippen LogP contribution in [0.4, 0.5) is 5.69 Å². The topological polar surface area (TPSA) is 82.6 Å². The predicted molar refractivity (Wildman–Crippen MR) is 102 cm³/mol. The molecule has 3 amide bonds. The van der Waals surface area contributed by atoms with E-state index in [0.29, 0.717) is 37.3 Å². The Balaban J connectivity index is 1.73. The van der Waals surface area contributed by atoms with Crippen molar-refractivity contribution in [1.29, 1.82) is 0 Å². The third-order valence-electron chi connectivity index (χ3n) is 4.85. The van der Waals surface area contributed by atoms with Gasteiger partial charge in [-0.1, -0.05) is 12.1 Å². The summed E-state index contributed by atoms with van der Waals surface area (Å²) >= 11 is 0. The molecule has 1 saturated heterocycles. The lowest BCUT2D eigenvalue weighted by Crippen LogP contribution is -2.48. The molecule has 3 rings (SSSR count). The quantitative estimate of drug-likeness (QED) is 0.838. The van der Waals surface area contributed by atoms with E-state index in [2.05, 4.69) is 10.3 Å². The molecule has 0 radical (unpaired) electrons. The highest BCUT2D eigenvalue weighted by atomic mass is 16.2. The Labute approximate surface area is 158 Å². The summed E-state index contributed by atoms with van der Waals surface area (Å²) in [7, 11) is 0. The summed E-state index contributed by atoms with van der Waals surface area (Å²) in [5.41, 5.74) is 3.52. The number of hydrogen-bond donors (Lipinski definition) is 1. The number of benzene rings is 1. The van der Waals surface area contributed by atoms with E-state index in [9.17, 15) is 14.4 Å². The van der Waals surface area contributed by atoms with Crippen molar-refractivity contribution in [2.45, 2.75) is 13.8 Å². The zero-order chi connectivity index (χ0) is 19.4. The van der Waals surface area contributed by atoms with Crippen LogP contribution in [0.3, 0.4) is 0 Å². The lowest BCUT2D eigenvalue weighted by atomic mass is 10.1. The van der Waals surface area contributed by atoms with E-state index < -0.39 is 0 Å². The van der Waals surface area contributed by atoms with Gasteiger partial charge in [-0.2, -0.15) is 0 Å². The molecule has 140 valence electrons. The molecule has 7 nitrogen and oxygen atoms in total. The molecule has 1 N–H and O–H groups in total. The average Bonchev–Trinajstić information content (AvgIpc) is 2.71. The van der Waals surface area contributed by atoms with Gasteiger partial charge in [0.2, 0.25) is 6.41 Å². The molecule has 1 aromatic carbocycles. The molecule has 0 saturated carbocycles. The van der Waals surface area contributed by atoms with Gasteiger partial charge in [-0.05, 0) is 37.1 Å². The number of carbonyl (C=O) groups excluding carboxylic acids is 3. The number of hydrogen-bond acceptors (Lipinski definition) is 4. The summed E-state index contributed by atoms with van der Waals surface area (Å²) < 4.78 is 0. The van der Waals surface area contributed by atoms with Gasteiger partial charge in [-0.25, -0.2) is 0 Å². The monoisotopic (exact) mass is 366 g/mol. The lowest BCUT2D eigenvalue weighted by Gasteiger charge is -2.32. The standard InChI is InChI=1S/C20H22N4O3/c1-14-4-3-5-18(15(14)2)22-19(26)16-10-17(12-21-11-16)20(27)24-8-6-23(13-25)7-9-24/h3-5,10-13H,6-9H2,1-2H3,(H,22,26). The zero-order valence-corrected chi connectivity index (χ0v) is 15.4. The van der Waals surface area contributed by atoms with Crippen LogP contribution < -0.4 is 5.32 Å². The number of nitrogens with one attached hydrogen (secondary N) is 1. The van der Waals surface area contributed by atoms with Crippen LogP contribution in [-0.4, -0.2) is 59.2 Å². The Morgan fingerprint density at radius 2 is 1.78 bits per heavy atom. The molecule has 0 bridgehead atoms. The van der Waals surface area contributed by atoms with Crippen LogP contribution in [0.2, 0.25) is 0 Å². The first kappa shape index (κ1) is 18.6. The summed E-state index contributed by atoms with van der Waals surface area (Å²) in [6.07, 6.45) is 3.70. The van der Waals surface area contributed by atoms with Crippen LogP contribution in [0.5, 0.6) is 0 Å². The third-order valence-corrected chi connectivity index (χ3v) is 4.85. The Bertz CT molecular complexity index is 873. The van der Waals surface area contributed by atoms with Crippen molar-refractivity contribution in [3.63, 3.8) is 0 Å². The predicted octanol–water partition coefficient (Wildman–Crippen LogP) is 1.86. The summed E-state index contributed by atoms with van der Waals surface area (Å²) in [5.74, 6) is -0.494. The van der Waals surface area contributed by atoms with Gasteiger partial charge >= 0.3 is 0 Å². The van der Waals surface area contributed by atoms with E-state index >= 15 is 0 Å². The highest BCUT2D eigenvalue weighted by molar-refractivity contribution is 6.06. The van der Waals surface area contributed by atoms with E-state index in [1.165, 1.54) is 12.4 Å². The summed E-state index contributed by atoms with van der Waals surface area (Å²) in [5, 5.41) is 2.88. The van der Waals surface area contributed by atoms with Crippen molar-refractivity contribution in [3.8, 4) is 0 Å². The first-order chi connectivity index (χ1) is 13.0. The maximum atomic E-state index is 12.7.